The molecular formula is C13H22ClN. The molecule has 0 aromatic heterocycles. The first-order chi connectivity index (χ1) is 6.68. The summed E-state index contributed by atoms with van der Waals surface area (Å²) in [5.74, 6) is 0.792. The third-order valence-corrected chi connectivity index (χ3v) is 2.35. The molecule has 0 atom stereocenters. The standard InChI is InChI=1S/C13H21N.ClH/c1-11(2)8-9-14-10-13-6-4-12(3)5-7-13;/h4-7,11,14H,8-10H2,1-3H3;1H. The van der Waals surface area contributed by atoms with Crippen LogP contribution in [-0.4, -0.2) is 6.54 Å². The van der Waals surface area contributed by atoms with E-state index in [-0.39, 0.29) is 12.4 Å². The van der Waals surface area contributed by atoms with Crippen molar-refractivity contribution in [3.05, 3.63) is 35.4 Å². The van der Waals surface area contributed by atoms with Crippen molar-refractivity contribution in [3.8, 4) is 0 Å². The van der Waals surface area contributed by atoms with Crippen molar-refractivity contribution in [2.24, 2.45) is 5.92 Å². The summed E-state index contributed by atoms with van der Waals surface area (Å²) in [7, 11) is 0. The fraction of sp³-hybridized carbons (Fsp3) is 0.538. The van der Waals surface area contributed by atoms with Crippen LogP contribution in [0.5, 0.6) is 0 Å². The molecule has 1 N–H and O–H groups in total. The van der Waals surface area contributed by atoms with Gasteiger partial charge in [-0.25, -0.2) is 0 Å². The summed E-state index contributed by atoms with van der Waals surface area (Å²) in [5.41, 5.74) is 2.70. The number of nitrogens with one attached hydrogen (secondary N) is 1. The van der Waals surface area contributed by atoms with E-state index in [1.165, 1.54) is 17.5 Å². The summed E-state index contributed by atoms with van der Waals surface area (Å²) >= 11 is 0. The van der Waals surface area contributed by atoms with Crippen LogP contribution in [0, 0.1) is 12.8 Å². The molecule has 0 amide bonds. The van der Waals surface area contributed by atoms with E-state index >= 15 is 0 Å². The molecule has 2 heteroatoms. The fourth-order valence-electron chi connectivity index (χ4n) is 1.33. The van der Waals surface area contributed by atoms with Gasteiger partial charge in [-0.1, -0.05) is 43.7 Å². The van der Waals surface area contributed by atoms with Crippen molar-refractivity contribution in [1.29, 1.82) is 0 Å². The van der Waals surface area contributed by atoms with E-state index in [0.29, 0.717) is 0 Å². The van der Waals surface area contributed by atoms with Gasteiger partial charge in [-0.15, -0.1) is 12.4 Å². The Labute approximate surface area is 99.7 Å². The Morgan fingerprint density at radius 1 is 1.13 bits per heavy atom. The van der Waals surface area contributed by atoms with E-state index in [1.54, 1.807) is 0 Å². The van der Waals surface area contributed by atoms with Gasteiger partial charge in [0.2, 0.25) is 0 Å². The highest BCUT2D eigenvalue weighted by molar-refractivity contribution is 5.85. The molecule has 0 heterocycles. The van der Waals surface area contributed by atoms with Gasteiger partial charge in [0.15, 0.2) is 0 Å². The lowest BCUT2D eigenvalue weighted by Gasteiger charge is -2.07. The van der Waals surface area contributed by atoms with E-state index in [4.69, 9.17) is 0 Å². The van der Waals surface area contributed by atoms with E-state index in [2.05, 4.69) is 50.4 Å². The number of halogens is 1. The molecule has 0 unspecified atom stereocenters. The first kappa shape index (κ1) is 14.5. The average Bonchev–Trinajstić information content (AvgIpc) is 2.15. The minimum atomic E-state index is 0. The van der Waals surface area contributed by atoms with Gasteiger partial charge in [0.25, 0.3) is 0 Å². The maximum atomic E-state index is 3.45. The minimum Gasteiger partial charge on any atom is -0.313 e. The number of hydrogen-bond acceptors (Lipinski definition) is 1. The monoisotopic (exact) mass is 227 g/mol. The van der Waals surface area contributed by atoms with Gasteiger partial charge in [-0.05, 0) is 31.4 Å². The number of hydrogen-bond donors (Lipinski definition) is 1. The Morgan fingerprint density at radius 3 is 2.27 bits per heavy atom. The molecule has 0 aliphatic carbocycles. The van der Waals surface area contributed by atoms with Gasteiger partial charge in [0, 0.05) is 6.54 Å². The molecule has 15 heavy (non-hydrogen) atoms. The maximum absolute atomic E-state index is 3.45. The fourth-order valence-corrected chi connectivity index (χ4v) is 1.33. The molecule has 86 valence electrons. The maximum Gasteiger partial charge on any atom is 0.0205 e. The van der Waals surface area contributed by atoms with Crippen LogP contribution in [0.4, 0.5) is 0 Å². The second-order valence-corrected chi connectivity index (χ2v) is 4.34. The Kier molecular flexibility index (Phi) is 7.45. The Morgan fingerprint density at radius 2 is 1.73 bits per heavy atom. The predicted octanol–water partition coefficient (Wildman–Crippen LogP) is 3.55. The van der Waals surface area contributed by atoms with Crippen molar-refractivity contribution in [2.75, 3.05) is 6.54 Å². The Bertz CT molecular complexity index is 254. The van der Waals surface area contributed by atoms with Crippen LogP contribution in [0.2, 0.25) is 0 Å². The summed E-state index contributed by atoms with van der Waals surface area (Å²) in [5, 5.41) is 3.45. The lowest BCUT2D eigenvalue weighted by molar-refractivity contribution is 0.537. The zero-order chi connectivity index (χ0) is 10.4. The van der Waals surface area contributed by atoms with Crippen LogP contribution in [0.1, 0.15) is 31.4 Å². The molecule has 0 aliphatic heterocycles. The summed E-state index contributed by atoms with van der Waals surface area (Å²) in [6.07, 6.45) is 1.26. The number of aryl methyl sites for hydroxylation is 1. The van der Waals surface area contributed by atoms with Crippen LogP contribution in [-0.2, 0) is 6.54 Å². The zero-order valence-corrected chi connectivity index (χ0v) is 10.7. The largest absolute Gasteiger partial charge is 0.313 e. The first-order valence-corrected chi connectivity index (χ1v) is 5.44. The van der Waals surface area contributed by atoms with Crippen LogP contribution < -0.4 is 5.32 Å². The van der Waals surface area contributed by atoms with Gasteiger partial charge in [-0.3, -0.25) is 0 Å². The molecule has 0 aliphatic rings. The molecule has 0 spiro atoms. The highest BCUT2D eigenvalue weighted by Crippen LogP contribution is 2.03. The van der Waals surface area contributed by atoms with Gasteiger partial charge in [0.05, 0.1) is 0 Å². The number of rotatable bonds is 5. The van der Waals surface area contributed by atoms with E-state index in [0.717, 1.165) is 19.0 Å². The van der Waals surface area contributed by atoms with Crippen LogP contribution in [0.25, 0.3) is 0 Å². The molecule has 1 rings (SSSR count). The normalized spacial score (nSPS) is 10.1. The quantitative estimate of drug-likeness (QED) is 0.759. The minimum absolute atomic E-state index is 0. The lowest BCUT2D eigenvalue weighted by atomic mass is 10.1. The highest BCUT2D eigenvalue weighted by Gasteiger charge is 1.94. The number of benzene rings is 1. The van der Waals surface area contributed by atoms with Crippen molar-refractivity contribution < 1.29 is 0 Å². The second kappa shape index (κ2) is 7.72. The Balaban J connectivity index is 0.00000196. The van der Waals surface area contributed by atoms with Gasteiger partial charge in [0.1, 0.15) is 0 Å². The molecule has 1 nitrogen and oxygen atoms in total. The highest BCUT2D eigenvalue weighted by atomic mass is 35.5. The summed E-state index contributed by atoms with van der Waals surface area (Å²) < 4.78 is 0. The van der Waals surface area contributed by atoms with Crippen LogP contribution >= 0.6 is 12.4 Å². The van der Waals surface area contributed by atoms with Crippen LogP contribution in [0.15, 0.2) is 24.3 Å². The van der Waals surface area contributed by atoms with Gasteiger partial charge >= 0.3 is 0 Å². The summed E-state index contributed by atoms with van der Waals surface area (Å²) in [4.78, 5) is 0. The first-order valence-electron chi connectivity index (χ1n) is 5.44. The smallest absolute Gasteiger partial charge is 0.0205 e. The summed E-state index contributed by atoms with van der Waals surface area (Å²) in [6, 6.07) is 8.72. The summed E-state index contributed by atoms with van der Waals surface area (Å²) in [6.45, 7) is 8.75. The average molecular weight is 228 g/mol. The predicted molar refractivity (Wildman–Crippen MR) is 69.6 cm³/mol. The molecule has 0 radical (unpaired) electrons. The van der Waals surface area contributed by atoms with Crippen molar-refractivity contribution in [3.63, 3.8) is 0 Å². The second-order valence-electron chi connectivity index (χ2n) is 4.34. The molecule has 1 aromatic carbocycles. The molecule has 0 saturated carbocycles. The zero-order valence-electron chi connectivity index (χ0n) is 9.92. The molecule has 0 bridgehead atoms. The molecule has 0 fully saturated rings. The van der Waals surface area contributed by atoms with Crippen molar-refractivity contribution >= 4 is 12.4 Å². The lowest BCUT2D eigenvalue weighted by Crippen LogP contribution is -2.16. The van der Waals surface area contributed by atoms with E-state index in [1.807, 2.05) is 0 Å². The SMILES string of the molecule is Cc1ccc(CNCCC(C)C)cc1.Cl. The van der Waals surface area contributed by atoms with Crippen LogP contribution in [0.3, 0.4) is 0 Å². The van der Waals surface area contributed by atoms with Crippen molar-refractivity contribution in [2.45, 2.75) is 33.7 Å². The third-order valence-electron chi connectivity index (χ3n) is 2.35. The van der Waals surface area contributed by atoms with E-state index < -0.39 is 0 Å². The molecule has 1 aromatic rings. The van der Waals surface area contributed by atoms with Gasteiger partial charge in [-0.2, -0.15) is 0 Å². The van der Waals surface area contributed by atoms with Crippen molar-refractivity contribution in [1.82, 2.24) is 5.32 Å². The van der Waals surface area contributed by atoms with Gasteiger partial charge < -0.3 is 5.32 Å². The molecule has 0 saturated heterocycles. The van der Waals surface area contributed by atoms with E-state index in [9.17, 15) is 0 Å². The third kappa shape index (κ3) is 6.53. The topological polar surface area (TPSA) is 12.0 Å². The molecular weight excluding hydrogens is 206 g/mol. The Hall–Kier alpha value is -0.530.